The Morgan fingerprint density at radius 3 is 2.84 bits per heavy atom. The SMILES string of the molecule is O=C(O)CCOCc1nn(-c2cccc(C(F)(F)F)c2)c2c1CCC2. The number of ether oxygens (including phenoxy) is 1. The molecule has 1 aromatic heterocycles. The van der Waals surface area contributed by atoms with Crippen LogP contribution in [-0.2, 0) is 35.2 Å². The number of hydrogen-bond donors (Lipinski definition) is 1. The quantitative estimate of drug-likeness (QED) is 0.808. The lowest BCUT2D eigenvalue weighted by molar-refractivity contribution is -0.139. The lowest BCUT2D eigenvalue weighted by Gasteiger charge is -2.10. The lowest BCUT2D eigenvalue weighted by atomic mass is 10.2. The zero-order chi connectivity index (χ0) is 18.0. The predicted octanol–water partition coefficient (Wildman–Crippen LogP) is 3.37. The molecule has 0 atom stereocenters. The third-order valence-corrected chi connectivity index (χ3v) is 4.13. The number of nitrogens with zero attached hydrogens (tertiary/aromatic N) is 2. The molecular formula is C17H17F3N2O3. The second-order valence-electron chi connectivity index (χ2n) is 5.88. The molecule has 2 aromatic rings. The summed E-state index contributed by atoms with van der Waals surface area (Å²) in [6, 6.07) is 5.07. The maximum Gasteiger partial charge on any atom is 0.416 e. The number of fused-ring (bicyclic) bond motifs is 1. The first-order valence-corrected chi connectivity index (χ1v) is 7.93. The Labute approximate surface area is 142 Å². The van der Waals surface area contributed by atoms with Crippen LogP contribution in [0.2, 0.25) is 0 Å². The number of carbonyl (C=O) groups is 1. The van der Waals surface area contributed by atoms with Gasteiger partial charge in [-0.05, 0) is 43.0 Å². The van der Waals surface area contributed by atoms with Crippen LogP contribution in [0.25, 0.3) is 5.69 Å². The first-order valence-electron chi connectivity index (χ1n) is 7.93. The molecule has 0 saturated carbocycles. The van der Waals surface area contributed by atoms with E-state index in [1.165, 1.54) is 6.07 Å². The van der Waals surface area contributed by atoms with Crippen LogP contribution in [0.1, 0.15) is 35.4 Å². The fourth-order valence-electron chi connectivity index (χ4n) is 2.99. The molecule has 0 radical (unpaired) electrons. The average Bonchev–Trinajstić information content (AvgIpc) is 3.14. The molecule has 3 rings (SSSR count). The Morgan fingerprint density at radius 1 is 1.32 bits per heavy atom. The minimum atomic E-state index is -4.41. The molecule has 1 heterocycles. The highest BCUT2D eigenvalue weighted by Crippen LogP contribution is 2.32. The maximum atomic E-state index is 12.9. The molecule has 0 saturated heterocycles. The van der Waals surface area contributed by atoms with E-state index in [-0.39, 0.29) is 19.6 Å². The van der Waals surface area contributed by atoms with E-state index in [9.17, 15) is 18.0 Å². The first-order chi connectivity index (χ1) is 11.9. The van der Waals surface area contributed by atoms with Gasteiger partial charge in [-0.2, -0.15) is 18.3 Å². The zero-order valence-electron chi connectivity index (χ0n) is 13.3. The third kappa shape index (κ3) is 3.84. The van der Waals surface area contributed by atoms with E-state index in [1.54, 1.807) is 10.7 Å². The highest BCUT2D eigenvalue weighted by Gasteiger charge is 2.31. The Bertz CT molecular complexity index is 784. The molecule has 1 aliphatic rings. The fourth-order valence-corrected chi connectivity index (χ4v) is 2.99. The van der Waals surface area contributed by atoms with Crippen molar-refractivity contribution in [1.82, 2.24) is 9.78 Å². The summed E-state index contributed by atoms with van der Waals surface area (Å²) in [5, 5.41) is 13.0. The molecule has 0 fully saturated rings. The Balaban J connectivity index is 1.86. The smallest absolute Gasteiger partial charge is 0.416 e. The van der Waals surface area contributed by atoms with Crippen LogP contribution in [0.4, 0.5) is 13.2 Å². The number of carboxylic acid groups (broad SMARTS) is 1. The highest BCUT2D eigenvalue weighted by molar-refractivity contribution is 5.66. The van der Waals surface area contributed by atoms with Crippen molar-refractivity contribution in [3.8, 4) is 5.69 Å². The van der Waals surface area contributed by atoms with E-state index in [0.29, 0.717) is 11.4 Å². The number of hydrogen-bond acceptors (Lipinski definition) is 3. The number of carboxylic acids is 1. The third-order valence-electron chi connectivity index (χ3n) is 4.13. The van der Waals surface area contributed by atoms with Crippen molar-refractivity contribution in [2.24, 2.45) is 0 Å². The van der Waals surface area contributed by atoms with Gasteiger partial charge in [0, 0.05) is 5.69 Å². The van der Waals surface area contributed by atoms with Crippen molar-refractivity contribution in [3.63, 3.8) is 0 Å². The van der Waals surface area contributed by atoms with Crippen molar-refractivity contribution in [3.05, 3.63) is 46.8 Å². The Hall–Kier alpha value is -2.35. The van der Waals surface area contributed by atoms with E-state index >= 15 is 0 Å². The number of rotatable bonds is 6. The molecule has 1 aliphatic carbocycles. The van der Waals surface area contributed by atoms with Gasteiger partial charge in [-0.3, -0.25) is 4.79 Å². The van der Waals surface area contributed by atoms with Gasteiger partial charge in [0.2, 0.25) is 0 Å². The first kappa shape index (κ1) is 17.5. The summed E-state index contributed by atoms with van der Waals surface area (Å²) in [7, 11) is 0. The summed E-state index contributed by atoms with van der Waals surface area (Å²) in [6.45, 7) is 0.224. The largest absolute Gasteiger partial charge is 0.481 e. The zero-order valence-corrected chi connectivity index (χ0v) is 13.3. The van der Waals surface area contributed by atoms with E-state index < -0.39 is 17.7 Å². The van der Waals surface area contributed by atoms with Gasteiger partial charge in [-0.15, -0.1) is 0 Å². The Kier molecular flexibility index (Phi) is 4.80. The molecule has 1 aromatic carbocycles. The summed E-state index contributed by atoms with van der Waals surface area (Å²) in [4.78, 5) is 10.5. The average molecular weight is 354 g/mol. The van der Waals surface area contributed by atoms with Gasteiger partial charge in [0.15, 0.2) is 0 Å². The van der Waals surface area contributed by atoms with Crippen molar-refractivity contribution in [2.75, 3.05) is 6.61 Å². The fraction of sp³-hybridized carbons (Fsp3) is 0.412. The lowest BCUT2D eigenvalue weighted by Crippen LogP contribution is -2.08. The monoisotopic (exact) mass is 354 g/mol. The molecule has 134 valence electrons. The van der Waals surface area contributed by atoms with Gasteiger partial charge in [0.05, 0.1) is 36.6 Å². The molecule has 0 unspecified atom stereocenters. The standard InChI is InChI=1S/C17H17F3N2O3/c18-17(19,20)11-3-1-4-12(9-11)22-15-6-2-5-13(15)14(21-22)10-25-8-7-16(23)24/h1,3-4,9H,2,5-8,10H2,(H,23,24). The maximum absolute atomic E-state index is 12.9. The van der Waals surface area contributed by atoms with Crippen molar-refractivity contribution < 1.29 is 27.8 Å². The van der Waals surface area contributed by atoms with Crippen LogP contribution in [0, 0.1) is 0 Å². The van der Waals surface area contributed by atoms with Crippen LogP contribution < -0.4 is 0 Å². The molecule has 0 aliphatic heterocycles. The van der Waals surface area contributed by atoms with Crippen LogP contribution in [0.15, 0.2) is 24.3 Å². The van der Waals surface area contributed by atoms with E-state index in [1.807, 2.05) is 0 Å². The highest BCUT2D eigenvalue weighted by atomic mass is 19.4. The van der Waals surface area contributed by atoms with Gasteiger partial charge in [0.1, 0.15) is 0 Å². The minimum Gasteiger partial charge on any atom is -0.481 e. The normalized spacial score (nSPS) is 13.9. The summed E-state index contributed by atoms with van der Waals surface area (Å²) >= 11 is 0. The number of aliphatic carboxylic acids is 1. The second-order valence-corrected chi connectivity index (χ2v) is 5.88. The van der Waals surface area contributed by atoms with E-state index in [2.05, 4.69) is 5.10 Å². The Morgan fingerprint density at radius 2 is 2.12 bits per heavy atom. The van der Waals surface area contributed by atoms with Crippen molar-refractivity contribution in [1.29, 1.82) is 0 Å². The summed E-state index contributed by atoms with van der Waals surface area (Å²) in [5.74, 6) is -0.945. The van der Waals surface area contributed by atoms with Crippen LogP contribution in [0.3, 0.4) is 0 Å². The second kappa shape index (κ2) is 6.87. The molecule has 8 heteroatoms. The van der Waals surface area contributed by atoms with Crippen LogP contribution in [-0.4, -0.2) is 27.5 Å². The number of alkyl halides is 3. The van der Waals surface area contributed by atoms with Gasteiger partial charge < -0.3 is 9.84 Å². The molecule has 0 amide bonds. The number of benzene rings is 1. The number of halogens is 3. The van der Waals surface area contributed by atoms with Gasteiger partial charge in [-0.25, -0.2) is 4.68 Å². The van der Waals surface area contributed by atoms with E-state index in [4.69, 9.17) is 9.84 Å². The van der Waals surface area contributed by atoms with Crippen molar-refractivity contribution in [2.45, 2.75) is 38.5 Å². The summed E-state index contributed by atoms with van der Waals surface area (Å²) in [6.07, 6.45) is -2.06. The van der Waals surface area contributed by atoms with Crippen molar-refractivity contribution >= 4 is 5.97 Å². The topological polar surface area (TPSA) is 64.3 Å². The number of aromatic nitrogens is 2. The van der Waals surface area contributed by atoms with E-state index in [0.717, 1.165) is 42.7 Å². The van der Waals surface area contributed by atoms with Gasteiger partial charge in [0.25, 0.3) is 0 Å². The predicted molar refractivity (Wildman–Crippen MR) is 82.5 cm³/mol. The van der Waals surface area contributed by atoms with Crippen LogP contribution >= 0.6 is 0 Å². The summed E-state index contributed by atoms with van der Waals surface area (Å²) in [5.41, 5.74) is 2.20. The molecule has 1 N–H and O–H groups in total. The molecule has 0 spiro atoms. The van der Waals surface area contributed by atoms with Gasteiger partial charge in [-0.1, -0.05) is 6.07 Å². The molecular weight excluding hydrogens is 337 g/mol. The van der Waals surface area contributed by atoms with Crippen LogP contribution in [0.5, 0.6) is 0 Å². The molecule has 25 heavy (non-hydrogen) atoms. The van der Waals surface area contributed by atoms with Gasteiger partial charge >= 0.3 is 12.1 Å². The molecule has 0 bridgehead atoms. The minimum absolute atomic E-state index is 0.0700. The summed E-state index contributed by atoms with van der Waals surface area (Å²) < 4.78 is 45.7. The molecule has 5 nitrogen and oxygen atoms in total.